The van der Waals surface area contributed by atoms with E-state index in [-0.39, 0.29) is 30.2 Å². The SMILES string of the molecule is O=C(CCNS(=O)(=O)c1ccc2c(c1)OCCCO2)NNC(=O)Cc1ccccc1. The molecule has 160 valence electrons. The first kappa shape index (κ1) is 21.6. The third-order valence-corrected chi connectivity index (χ3v) is 5.68. The minimum absolute atomic E-state index is 0.0170. The first-order chi connectivity index (χ1) is 14.4. The van der Waals surface area contributed by atoms with Gasteiger partial charge in [0.25, 0.3) is 0 Å². The zero-order valence-electron chi connectivity index (χ0n) is 16.2. The summed E-state index contributed by atoms with van der Waals surface area (Å²) < 4.78 is 38.2. The summed E-state index contributed by atoms with van der Waals surface area (Å²) in [5.74, 6) is -0.0218. The highest BCUT2D eigenvalue weighted by molar-refractivity contribution is 7.89. The molecule has 0 saturated heterocycles. The van der Waals surface area contributed by atoms with Gasteiger partial charge in [0.2, 0.25) is 21.8 Å². The van der Waals surface area contributed by atoms with Crippen molar-refractivity contribution in [3.8, 4) is 11.5 Å². The van der Waals surface area contributed by atoms with E-state index in [0.29, 0.717) is 31.1 Å². The Morgan fingerprint density at radius 3 is 2.37 bits per heavy atom. The molecule has 10 heteroatoms. The van der Waals surface area contributed by atoms with E-state index in [2.05, 4.69) is 15.6 Å². The highest BCUT2D eigenvalue weighted by Gasteiger charge is 2.19. The topological polar surface area (TPSA) is 123 Å². The number of sulfonamides is 1. The maximum absolute atomic E-state index is 12.4. The summed E-state index contributed by atoms with van der Waals surface area (Å²) in [6, 6.07) is 13.4. The summed E-state index contributed by atoms with van der Waals surface area (Å²) in [5, 5.41) is 0. The minimum atomic E-state index is -3.83. The summed E-state index contributed by atoms with van der Waals surface area (Å²) in [7, 11) is -3.83. The van der Waals surface area contributed by atoms with E-state index < -0.39 is 15.9 Å². The lowest BCUT2D eigenvalue weighted by atomic mass is 10.1. The van der Waals surface area contributed by atoms with Crippen molar-refractivity contribution in [3.63, 3.8) is 0 Å². The molecular weight excluding hydrogens is 410 g/mol. The molecule has 9 nitrogen and oxygen atoms in total. The zero-order valence-corrected chi connectivity index (χ0v) is 17.0. The van der Waals surface area contributed by atoms with Crippen molar-refractivity contribution in [2.45, 2.75) is 24.2 Å². The summed E-state index contributed by atoms with van der Waals surface area (Å²) in [6.07, 6.45) is 0.694. The van der Waals surface area contributed by atoms with E-state index in [1.807, 2.05) is 18.2 Å². The van der Waals surface area contributed by atoms with Gasteiger partial charge in [-0.25, -0.2) is 13.1 Å². The minimum Gasteiger partial charge on any atom is -0.490 e. The second kappa shape index (κ2) is 10.1. The number of hydrogen-bond donors (Lipinski definition) is 3. The predicted octanol–water partition coefficient (Wildman–Crippen LogP) is 0.906. The Kier molecular flexibility index (Phi) is 7.26. The average Bonchev–Trinajstić information content (AvgIpc) is 2.98. The van der Waals surface area contributed by atoms with Gasteiger partial charge >= 0.3 is 0 Å². The van der Waals surface area contributed by atoms with Crippen LogP contribution in [0, 0.1) is 0 Å². The second-order valence-electron chi connectivity index (χ2n) is 6.57. The number of nitrogens with one attached hydrogen (secondary N) is 3. The fourth-order valence-electron chi connectivity index (χ4n) is 2.72. The van der Waals surface area contributed by atoms with Crippen LogP contribution in [0.5, 0.6) is 11.5 Å². The number of ether oxygens (including phenoxy) is 2. The van der Waals surface area contributed by atoms with Crippen molar-refractivity contribution in [2.24, 2.45) is 0 Å². The van der Waals surface area contributed by atoms with Crippen LogP contribution >= 0.6 is 0 Å². The van der Waals surface area contributed by atoms with Crippen molar-refractivity contribution in [1.82, 2.24) is 15.6 Å². The molecule has 1 aliphatic rings. The Labute approximate surface area is 174 Å². The summed E-state index contributed by atoms with van der Waals surface area (Å²) in [5.41, 5.74) is 5.38. The first-order valence-corrected chi connectivity index (χ1v) is 10.9. The molecule has 0 bridgehead atoms. The number of hydrazine groups is 1. The van der Waals surface area contributed by atoms with E-state index in [9.17, 15) is 18.0 Å². The molecule has 0 saturated carbocycles. The van der Waals surface area contributed by atoms with Crippen LogP contribution < -0.4 is 25.0 Å². The largest absolute Gasteiger partial charge is 0.490 e. The number of carbonyl (C=O) groups excluding carboxylic acids is 2. The smallest absolute Gasteiger partial charge is 0.242 e. The lowest BCUT2D eigenvalue weighted by Gasteiger charge is -2.11. The molecule has 3 N–H and O–H groups in total. The average molecular weight is 433 g/mol. The van der Waals surface area contributed by atoms with Crippen molar-refractivity contribution in [3.05, 3.63) is 54.1 Å². The maximum Gasteiger partial charge on any atom is 0.242 e. The molecule has 0 spiro atoms. The summed E-state index contributed by atoms with van der Waals surface area (Å²) in [4.78, 5) is 23.7. The number of rotatable bonds is 7. The van der Waals surface area contributed by atoms with Crippen molar-refractivity contribution >= 4 is 21.8 Å². The molecular formula is C20H23N3O6S. The molecule has 2 aromatic carbocycles. The second-order valence-corrected chi connectivity index (χ2v) is 8.33. The molecule has 1 aliphatic heterocycles. The fourth-order valence-corrected chi connectivity index (χ4v) is 3.77. The molecule has 0 atom stereocenters. The number of hydrogen-bond acceptors (Lipinski definition) is 6. The van der Waals surface area contributed by atoms with Crippen molar-refractivity contribution in [2.75, 3.05) is 19.8 Å². The number of amides is 2. The van der Waals surface area contributed by atoms with Crippen LogP contribution in [0.3, 0.4) is 0 Å². The van der Waals surface area contributed by atoms with Gasteiger partial charge < -0.3 is 9.47 Å². The first-order valence-electron chi connectivity index (χ1n) is 9.45. The summed E-state index contributed by atoms with van der Waals surface area (Å²) in [6.45, 7) is 0.825. The van der Waals surface area contributed by atoms with Crippen LogP contribution in [-0.4, -0.2) is 40.0 Å². The highest BCUT2D eigenvalue weighted by atomic mass is 32.2. The Balaban J connectivity index is 1.44. The van der Waals surface area contributed by atoms with Gasteiger partial charge in [0.1, 0.15) is 0 Å². The van der Waals surface area contributed by atoms with Gasteiger partial charge in [-0.05, 0) is 17.7 Å². The van der Waals surface area contributed by atoms with Crippen molar-refractivity contribution in [1.29, 1.82) is 0 Å². The quantitative estimate of drug-likeness (QED) is 0.558. The number of benzene rings is 2. The number of fused-ring (bicyclic) bond motifs is 1. The van der Waals surface area contributed by atoms with Gasteiger partial charge in [0, 0.05) is 25.5 Å². The molecule has 30 heavy (non-hydrogen) atoms. The molecule has 0 unspecified atom stereocenters. The van der Waals surface area contributed by atoms with Gasteiger partial charge in [-0.1, -0.05) is 30.3 Å². The predicted molar refractivity (Wildman–Crippen MR) is 108 cm³/mol. The molecule has 2 amide bonds. The molecule has 0 aromatic heterocycles. The monoisotopic (exact) mass is 433 g/mol. The van der Waals surface area contributed by atoms with E-state index in [1.54, 1.807) is 18.2 Å². The third kappa shape index (κ3) is 6.19. The van der Waals surface area contributed by atoms with Crippen LogP contribution in [0.1, 0.15) is 18.4 Å². The normalized spacial score (nSPS) is 13.2. The molecule has 2 aromatic rings. The Hall–Kier alpha value is -3.11. The van der Waals surface area contributed by atoms with Gasteiger partial charge in [-0.3, -0.25) is 20.4 Å². The van der Waals surface area contributed by atoms with Crippen LogP contribution in [-0.2, 0) is 26.0 Å². The number of carbonyl (C=O) groups is 2. The molecule has 3 rings (SSSR count). The lowest BCUT2D eigenvalue weighted by Crippen LogP contribution is -2.43. The maximum atomic E-state index is 12.4. The lowest BCUT2D eigenvalue weighted by molar-refractivity contribution is -0.128. The zero-order chi connectivity index (χ0) is 21.4. The molecule has 0 radical (unpaired) electrons. The van der Waals surface area contributed by atoms with Gasteiger partial charge in [0.05, 0.1) is 24.5 Å². The van der Waals surface area contributed by atoms with E-state index in [0.717, 1.165) is 5.56 Å². The van der Waals surface area contributed by atoms with E-state index in [4.69, 9.17) is 9.47 Å². The van der Waals surface area contributed by atoms with E-state index >= 15 is 0 Å². The highest BCUT2D eigenvalue weighted by Crippen LogP contribution is 2.31. The standard InChI is InChI=1S/C20H23N3O6S/c24-19(22-23-20(25)13-15-5-2-1-3-6-15)9-10-21-30(26,27)16-7-8-17-18(14-16)29-12-4-11-28-17/h1-3,5-8,14,21H,4,9-13H2,(H,22,24)(H,23,25). The van der Waals surface area contributed by atoms with Crippen LogP contribution in [0.25, 0.3) is 0 Å². The fraction of sp³-hybridized carbons (Fsp3) is 0.300. The Morgan fingerprint density at radius 2 is 1.60 bits per heavy atom. The van der Waals surface area contributed by atoms with Crippen LogP contribution in [0.2, 0.25) is 0 Å². The summed E-state index contributed by atoms with van der Waals surface area (Å²) >= 11 is 0. The third-order valence-electron chi connectivity index (χ3n) is 4.22. The molecule has 1 heterocycles. The Bertz CT molecular complexity index is 995. The molecule has 0 aliphatic carbocycles. The van der Waals surface area contributed by atoms with Crippen molar-refractivity contribution < 1.29 is 27.5 Å². The van der Waals surface area contributed by atoms with Crippen LogP contribution in [0.15, 0.2) is 53.4 Å². The van der Waals surface area contributed by atoms with E-state index in [1.165, 1.54) is 12.1 Å². The van der Waals surface area contributed by atoms with Crippen LogP contribution in [0.4, 0.5) is 0 Å². The van der Waals surface area contributed by atoms with Gasteiger partial charge in [0.15, 0.2) is 11.5 Å². The molecule has 0 fully saturated rings. The Morgan fingerprint density at radius 1 is 0.900 bits per heavy atom. The van der Waals surface area contributed by atoms with Gasteiger partial charge in [-0.2, -0.15) is 0 Å². The van der Waals surface area contributed by atoms with Gasteiger partial charge in [-0.15, -0.1) is 0 Å².